The van der Waals surface area contributed by atoms with Gasteiger partial charge in [0.05, 0.1) is 5.69 Å². The number of phenolic OH excluding ortho intramolecular Hbond substituents is 1. The summed E-state index contributed by atoms with van der Waals surface area (Å²) in [5, 5.41) is 17.0. The van der Waals surface area contributed by atoms with Crippen molar-refractivity contribution in [3.63, 3.8) is 0 Å². The van der Waals surface area contributed by atoms with Crippen LogP contribution in [0.25, 0.3) is 16.9 Å². The number of aromatic nitrogens is 3. The van der Waals surface area contributed by atoms with Crippen LogP contribution in [0.3, 0.4) is 0 Å². The second-order valence-electron chi connectivity index (χ2n) is 4.38. The van der Waals surface area contributed by atoms with E-state index in [-0.39, 0.29) is 17.3 Å². The number of halogens is 2. The van der Waals surface area contributed by atoms with Crippen LogP contribution in [0.5, 0.6) is 5.75 Å². The predicted molar refractivity (Wildman–Crippen MR) is 72.8 cm³/mol. The van der Waals surface area contributed by atoms with Crippen molar-refractivity contribution in [3.8, 4) is 22.7 Å². The van der Waals surface area contributed by atoms with Gasteiger partial charge >= 0.3 is 0 Å². The standard InChI is InChI=1S/C14H10F2N4O/c15-11-6-1-8(7-12(11)16)13-14(17)20(19-18-13)9-2-4-10(21)5-3-9/h1-7,21H,17H2. The van der Waals surface area contributed by atoms with Gasteiger partial charge in [-0.3, -0.25) is 0 Å². The Hall–Kier alpha value is -2.96. The van der Waals surface area contributed by atoms with E-state index in [1.54, 1.807) is 12.1 Å². The fraction of sp³-hybridized carbons (Fsp3) is 0. The minimum absolute atomic E-state index is 0.110. The number of rotatable bonds is 2. The molecule has 0 spiro atoms. The average molecular weight is 288 g/mol. The highest BCUT2D eigenvalue weighted by molar-refractivity contribution is 5.71. The molecule has 0 saturated heterocycles. The third-order valence-corrected chi connectivity index (χ3v) is 2.99. The maximum absolute atomic E-state index is 13.3. The van der Waals surface area contributed by atoms with Crippen molar-refractivity contribution in [2.75, 3.05) is 5.73 Å². The number of nitrogens with zero attached hydrogens (tertiary/aromatic N) is 3. The largest absolute Gasteiger partial charge is 0.508 e. The van der Waals surface area contributed by atoms with Gasteiger partial charge in [0, 0.05) is 5.56 Å². The Balaban J connectivity index is 2.06. The van der Waals surface area contributed by atoms with Crippen molar-refractivity contribution < 1.29 is 13.9 Å². The lowest BCUT2D eigenvalue weighted by Gasteiger charge is -2.04. The monoisotopic (exact) mass is 288 g/mol. The van der Waals surface area contributed by atoms with Gasteiger partial charge in [0.1, 0.15) is 11.4 Å². The highest BCUT2D eigenvalue weighted by atomic mass is 19.2. The Labute approximate surface area is 118 Å². The van der Waals surface area contributed by atoms with Crippen molar-refractivity contribution in [1.29, 1.82) is 0 Å². The maximum atomic E-state index is 13.3. The van der Waals surface area contributed by atoms with Crippen molar-refractivity contribution in [3.05, 3.63) is 54.1 Å². The number of aromatic hydroxyl groups is 1. The summed E-state index contributed by atoms with van der Waals surface area (Å²) in [4.78, 5) is 0. The van der Waals surface area contributed by atoms with Gasteiger partial charge < -0.3 is 10.8 Å². The smallest absolute Gasteiger partial charge is 0.159 e. The van der Waals surface area contributed by atoms with Crippen molar-refractivity contribution >= 4 is 5.82 Å². The number of nitrogen functional groups attached to an aromatic ring is 1. The topological polar surface area (TPSA) is 77.0 Å². The third kappa shape index (κ3) is 2.29. The number of hydrogen-bond donors (Lipinski definition) is 2. The van der Waals surface area contributed by atoms with Crippen molar-refractivity contribution in [2.24, 2.45) is 0 Å². The molecule has 0 aliphatic heterocycles. The summed E-state index contributed by atoms with van der Waals surface area (Å²) in [6, 6.07) is 9.56. The first kappa shape index (κ1) is 13.0. The number of nitrogens with two attached hydrogens (primary N) is 1. The molecule has 3 aromatic rings. The Morgan fingerprint density at radius 1 is 1.00 bits per heavy atom. The molecule has 0 radical (unpaired) electrons. The van der Waals surface area contributed by atoms with E-state index in [0.717, 1.165) is 12.1 Å². The Morgan fingerprint density at radius 3 is 2.38 bits per heavy atom. The molecule has 0 aliphatic rings. The SMILES string of the molecule is Nc1c(-c2ccc(F)c(F)c2)nnn1-c1ccc(O)cc1. The molecule has 0 aliphatic carbocycles. The number of hydrogen-bond acceptors (Lipinski definition) is 4. The lowest BCUT2D eigenvalue weighted by atomic mass is 10.1. The molecule has 0 saturated carbocycles. The van der Waals surface area contributed by atoms with E-state index >= 15 is 0 Å². The molecule has 21 heavy (non-hydrogen) atoms. The molecule has 2 aromatic carbocycles. The lowest BCUT2D eigenvalue weighted by Crippen LogP contribution is -2.02. The Kier molecular flexibility index (Phi) is 3.02. The molecule has 3 rings (SSSR count). The van der Waals surface area contributed by atoms with Gasteiger partial charge in [0.25, 0.3) is 0 Å². The quantitative estimate of drug-likeness (QED) is 0.759. The zero-order chi connectivity index (χ0) is 15.0. The summed E-state index contributed by atoms with van der Waals surface area (Å²) < 4.78 is 27.6. The van der Waals surface area contributed by atoms with E-state index in [2.05, 4.69) is 10.3 Å². The van der Waals surface area contributed by atoms with Crippen LogP contribution in [0.2, 0.25) is 0 Å². The molecule has 0 fully saturated rings. The molecular formula is C14H10F2N4O. The zero-order valence-electron chi connectivity index (χ0n) is 10.7. The molecule has 3 N–H and O–H groups in total. The Morgan fingerprint density at radius 2 is 1.71 bits per heavy atom. The van der Waals surface area contributed by atoms with Crippen LogP contribution in [-0.2, 0) is 0 Å². The molecular weight excluding hydrogens is 278 g/mol. The average Bonchev–Trinajstić information content (AvgIpc) is 2.85. The molecule has 1 heterocycles. The van der Waals surface area contributed by atoms with Crippen LogP contribution < -0.4 is 5.73 Å². The molecule has 1 aromatic heterocycles. The summed E-state index contributed by atoms with van der Waals surface area (Å²) in [6.45, 7) is 0. The van der Waals surface area contributed by atoms with Crippen LogP contribution >= 0.6 is 0 Å². The van der Waals surface area contributed by atoms with Gasteiger partial charge in [-0.1, -0.05) is 5.21 Å². The van der Waals surface area contributed by atoms with Crippen molar-refractivity contribution in [1.82, 2.24) is 15.0 Å². The normalized spacial score (nSPS) is 10.8. The van der Waals surface area contributed by atoms with Gasteiger partial charge in [0.15, 0.2) is 17.5 Å². The van der Waals surface area contributed by atoms with E-state index in [4.69, 9.17) is 5.73 Å². The van der Waals surface area contributed by atoms with E-state index < -0.39 is 11.6 Å². The number of anilines is 1. The first-order chi connectivity index (χ1) is 10.1. The molecule has 0 amide bonds. The molecule has 0 bridgehead atoms. The summed E-state index contributed by atoms with van der Waals surface area (Å²) in [5.74, 6) is -1.63. The van der Waals surface area contributed by atoms with Gasteiger partial charge in [-0.2, -0.15) is 4.68 Å². The number of benzene rings is 2. The molecule has 7 heteroatoms. The minimum Gasteiger partial charge on any atom is -0.508 e. The fourth-order valence-electron chi connectivity index (χ4n) is 1.92. The predicted octanol–water partition coefficient (Wildman–Crippen LogP) is 2.50. The fourth-order valence-corrected chi connectivity index (χ4v) is 1.92. The molecule has 0 unspecified atom stereocenters. The first-order valence-electron chi connectivity index (χ1n) is 6.02. The van der Waals surface area contributed by atoms with E-state index in [1.165, 1.54) is 22.9 Å². The first-order valence-corrected chi connectivity index (χ1v) is 6.02. The maximum Gasteiger partial charge on any atom is 0.159 e. The van der Waals surface area contributed by atoms with Crippen LogP contribution in [-0.4, -0.2) is 20.1 Å². The highest BCUT2D eigenvalue weighted by Crippen LogP contribution is 2.26. The second kappa shape index (κ2) is 4.86. The third-order valence-electron chi connectivity index (χ3n) is 2.99. The van der Waals surface area contributed by atoms with Crippen LogP contribution in [0.1, 0.15) is 0 Å². The van der Waals surface area contributed by atoms with Crippen molar-refractivity contribution in [2.45, 2.75) is 0 Å². The van der Waals surface area contributed by atoms with Crippen LogP contribution in [0, 0.1) is 11.6 Å². The Bertz CT molecular complexity index is 799. The lowest BCUT2D eigenvalue weighted by molar-refractivity contribution is 0.475. The van der Waals surface area contributed by atoms with Crippen LogP contribution in [0.15, 0.2) is 42.5 Å². The van der Waals surface area contributed by atoms with E-state index in [0.29, 0.717) is 11.3 Å². The summed E-state index contributed by atoms with van der Waals surface area (Å²) in [7, 11) is 0. The van der Waals surface area contributed by atoms with Gasteiger partial charge in [-0.25, -0.2) is 8.78 Å². The highest BCUT2D eigenvalue weighted by Gasteiger charge is 2.14. The minimum atomic E-state index is -0.980. The molecule has 5 nitrogen and oxygen atoms in total. The summed E-state index contributed by atoms with van der Waals surface area (Å²) in [6.07, 6.45) is 0. The van der Waals surface area contributed by atoms with E-state index in [1.807, 2.05) is 0 Å². The molecule has 0 atom stereocenters. The van der Waals surface area contributed by atoms with Gasteiger partial charge in [-0.05, 0) is 42.5 Å². The molecule has 106 valence electrons. The summed E-state index contributed by atoms with van der Waals surface area (Å²) >= 11 is 0. The van der Waals surface area contributed by atoms with Gasteiger partial charge in [0.2, 0.25) is 0 Å². The van der Waals surface area contributed by atoms with Crippen LogP contribution in [0.4, 0.5) is 14.6 Å². The summed E-state index contributed by atoms with van der Waals surface area (Å²) in [5.41, 5.74) is 7.12. The van der Waals surface area contributed by atoms with E-state index in [9.17, 15) is 13.9 Å². The second-order valence-corrected chi connectivity index (χ2v) is 4.38. The number of phenols is 1. The zero-order valence-corrected chi connectivity index (χ0v) is 10.7. The van der Waals surface area contributed by atoms with Gasteiger partial charge in [-0.15, -0.1) is 5.10 Å².